The van der Waals surface area contributed by atoms with Gasteiger partial charge in [0.25, 0.3) is 0 Å². The van der Waals surface area contributed by atoms with E-state index in [0.717, 1.165) is 5.56 Å². The molecule has 1 aromatic carbocycles. The van der Waals surface area contributed by atoms with E-state index >= 15 is 4.79 Å². The molecule has 6 aliphatic rings. The Morgan fingerprint density at radius 3 is 2.49 bits per heavy atom. The summed E-state index contributed by atoms with van der Waals surface area (Å²) in [6, 6.07) is 4.30. The zero-order valence-electron chi connectivity index (χ0n) is 32.8. The molecule has 2 amide bonds. The normalized spacial score (nSPS) is 32.1. The van der Waals surface area contributed by atoms with Gasteiger partial charge in [0.2, 0.25) is 17.9 Å². The minimum Gasteiger partial charge on any atom is -0.462 e. The van der Waals surface area contributed by atoms with Gasteiger partial charge < -0.3 is 43.7 Å². The Balaban J connectivity index is 1.06. The summed E-state index contributed by atoms with van der Waals surface area (Å²) in [5.74, 6) is -3.26. The van der Waals surface area contributed by atoms with E-state index in [2.05, 4.69) is 5.32 Å². The van der Waals surface area contributed by atoms with Crippen LogP contribution in [0.3, 0.4) is 0 Å². The van der Waals surface area contributed by atoms with Crippen LogP contribution in [0.1, 0.15) is 77.8 Å². The van der Waals surface area contributed by atoms with Crippen LogP contribution >= 0.6 is 0 Å². The summed E-state index contributed by atoms with van der Waals surface area (Å²) in [5.41, 5.74) is -1.39. The van der Waals surface area contributed by atoms with Crippen LogP contribution in [0.2, 0.25) is 0 Å². The van der Waals surface area contributed by atoms with Crippen LogP contribution in [-0.2, 0) is 68.6 Å². The standard InChI is InChI=1S/C40H51N3O14/c1-38(2,3)56-28(46)15-13-24(19-44)41-34(47)25-7-6-16-42(25)37(50)40-17-26-29-30(53-21-52-29)32(40)57-43(31(40)35(48)54-26)18-23-10-8-22(9-11-23)12-14-27(45)55-33-36(49)51-20-39(33,4)5/h8-12,14,24-26,29-33,44H,6-7,13,15-21H2,1-5H3,(H,41,47)/t24-,25+,26+,29-,30-,31-,32+,33-,40-/m0/s1. The third-order valence-electron chi connectivity index (χ3n) is 11.4. The molecule has 57 heavy (non-hydrogen) atoms. The molecule has 1 aliphatic carbocycles. The smallest absolute Gasteiger partial charge is 0.348 e. The van der Waals surface area contributed by atoms with Crippen LogP contribution in [-0.4, -0.2) is 132 Å². The summed E-state index contributed by atoms with van der Waals surface area (Å²) in [7, 11) is 0. The second kappa shape index (κ2) is 15.7. The van der Waals surface area contributed by atoms with E-state index in [1.54, 1.807) is 65.0 Å². The van der Waals surface area contributed by atoms with E-state index in [1.807, 2.05) is 0 Å². The van der Waals surface area contributed by atoms with E-state index in [0.29, 0.717) is 18.4 Å². The molecule has 310 valence electrons. The first-order chi connectivity index (χ1) is 27.0. The van der Waals surface area contributed by atoms with Gasteiger partial charge >= 0.3 is 23.9 Å². The van der Waals surface area contributed by atoms with E-state index in [9.17, 15) is 29.1 Å². The number of nitrogens with one attached hydrogen (secondary N) is 1. The molecule has 0 aromatic heterocycles. The fourth-order valence-corrected chi connectivity index (χ4v) is 8.72. The zero-order valence-corrected chi connectivity index (χ0v) is 32.8. The molecule has 17 heteroatoms. The maximum atomic E-state index is 15.0. The second-order valence-corrected chi connectivity index (χ2v) is 17.3. The lowest BCUT2D eigenvalue weighted by atomic mass is 9.62. The highest BCUT2D eigenvalue weighted by Gasteiger charge is 2.75. The molecule has 17 nitrogen and oxygen atoms in total. The number of esters is 4. The lowest BCUT2D eigenvalue weighted by Gasteiger charge is -2.50. The van der Waals surface area contributed by atoms with Crippen LogP contribution in [0.5, 0.6) is 0 Å². The lowest BCUT2D eigenvalue weighted by Crippen LogP contribution is -2.70. The Labute approximate surface area is 330 Å². The molecule has 0 spiro atoms. The minimum absolute atomic E-state index is 0.0176. The highest BCUT2D eigenvalue weighted by atomic mass is 16.8. The number of hydrogen-bond donors (Lipinski definition) is 2. The maximum absolute atomic E-state index is 15.0. The van der Waals surface area contributed by atoms with Gasteiger partial charge in [-0.1, -0.05) is 38.1 Å². The van der Waals surface area contributed by atoms with Crippen LogP contribution in [0.25, 0.3) is 6.08 Å². The van der Waals surface area contributed by atoms with Crippen molar-refractivity contribution in [3.05, 3.63) is 41.5 Å². The first kappa shape index (κ1) is 40.8. The topological polar surface area (TPSA) is 206 Å². The van der Waals surface area contributed by atoms with Crippen molar-refractivity contribution in [1.29, 1.82) is 0 Å². The van der Waals surface area contributed by atoms with Crippen molar-refractivity contribution in [3.63, 3.8) is 0 Å². The van der Waals surface area contributed by atoms with Crippen molar-refractivity contribution in [3.8, 4) is 0 Å². The number of aliphatic hydroxyl groups is 1. The highest BCUT2D eigenvalue weighted by Crippen LogP contribution is 2.56. The number of fused-ring (bicyclic) bond motifs is 4. The van der Waals surface area contributed by atoms with E-state index in [4.69, 9.17) is 33.3 Å². The molecule has 0 unspecified atom stereocenters. The number of carbonyl (C=O) groups excluding carboxylic acids is 6. The van der Waals surface area contributed by atoms with Crippen LogP contribution in [0.15, 0.2) is 30.3 Å². The molecule has 5 saturated heterocycles. The van der Waals surface area contributed by atoms with Crippen molar-refractivity contribution >= 4 is 41.8 Å². The van der Waals surface area contributed by atoms with Crippen molar-refractivity contribution in [2.24, 2.45) is 10.8 Å². The number of nitrogens with zero attached hydrogens (tertiary/aromatic N) is 2. The number of rotatable bonds is 12. The molecule has 9 atom stereocenters. The fraction of sp³-hybridized carbons (Fsp3) is 0.650. The Hall–Kier alpha value is -4.42. The van der Waals surface area contributed by atoms with Crippen LogP contribution < -0.4 is 5.32 Å². The number of carbonyl (C=O) groups is 6. The van der Waals surface area contributed by atoms with Crippen molar-refractivity contribution in [1.82, 2.24) is 15.3 Å². The van der Waals surface area contributed by atoms with Crippen LogP contribution in [0, 0.1) is 10.8 Å². The number of likely N-dealkylation sites (tertiary alicyclic amines) is 1. The van der Waals surface area contributed by atoms with E-state index in [-0.39, 0.29) is 45.8 Å². The van der Waals surface area contributed by atoms with Gasteiger partial charge in [-0.25, -0.2) is 9.59 Å². The number of benzene rings is 1. The first-order valence-corrected chi connectivity index (χ1v) is 19.5. The average molecular weight is 798 g/mol. The monoisotopic (exact) mass is 797 g/mol. The summed E-state index contributed by atoms with van der Waals surface area (Å²) in [6.07, 6.45) is -0.153. The lowest BCUT2D eigenvalue weighted by molar-refractivity contribution is -0.204. The third-order valence-corrected chi connectivity index (χ3v) is 11.4. The Morgan fingerprint density at radius 2 is 1.81 bits per heavy atom. The number of ether oxygens (including phenoxy) is 6. The van der Waals surface area contributed by atoms with Gasteiger partial charge in [0.15, 0.2) is 6.04 Å². The van der Waals surface area contributed by atoms with Gasteiger partial charge in [0, 0.05) is 30.9 Å². The number of cyclic esters (lactones) is 1. The molecule has 1 saturated carbocycles. The summed E-state index contributed by atoms with van der Waals surface area (Å²) in [4.78, 5) is 87.6. The van der Waals surface area contributed by atoms with Crippen LogP contribution in [0.4, 0.5) is 0 Å². The Kier molecular flexibility index (Phi) is 11.3. The molecule has 5 heterocycles. The van der Waals surface area contributed by atoms with Crippen molar-refractivity contribution < 1.29 is 67.1 Å². The largest absolute Gasteiger partial charge is 0.462 e. The predicted molar refractivity (Wildman–Crippen MR) is 195 cm³/mol. The molecule has 1 aromatic rings. The number of hydrogen-bond acceptors (Lipinski definition) is 15. The first-order valence-electron chi connectivity index (χ1n) is 19.5. The number of amides is 2. The van der Waals surface area contributed by atoms with Gasteiger partial charge in [-0.2, -0.15) is 5.06 Å². The molecular weight excluding hydrogens is 746 g/mol. The Bertz CT molecular complexity index is 1790. The molecule has 2 bridgehead atoms. The highest BCUT2D eigenvalue weighted by molar-refractivity contribution is 5.97. The maximum Gasteiger partial charge on any atom is 0.348 e. The number of aliphatic hydroxyl groups excluding tert-OH is 1. The van der Waals surface area contributed by atoms with Gasteiger partial charge in [-0.05, 0) is 57.2 Å². The molecule has 6 fully saturated rings. The van der Waals surface area contributed by atoms with Crippen molar-refractivity contribution in [2.75, 3.05) is 26.6 Å². The summed E-state index contributed by atoms with van der Waals surface area (Å²) in [5, 5.41) is 14.3. The van der Waals surface area contributed by atoms with Gasteiger partial charge in [-0.15, -0.1) is 0 Å². The molecule has 5 aliphatic heterocycles. The quantitative estimate of drug-likeness (QED) is 0.174. The summed E-state index contributed by atoms with van der Waals surface area (Å²) < 4.78 is 33.5. The molecule has 0 radical (unpaired) electrons. The number of hydroxylamine groups is 2. The average Bonchev–Trinajstić information content (AvgIpc) is 3.95. The van der Waals surface area contributed by atoms with Gasteiger partial charge in [0.1, 0.15) is 54.9 Å². The van der Waals surface area contributed by atoms with Gasteiger partial charge in [0.05, 0.1) is 19.2 Å². The molecule has 7 rings (SSSR count). The molecular formula is C40H51N3O14. The third kappa shape index (κ3) is 8.04. The van der Waals surface area contributed by atoms with E-state index < -0.39 is 107 Å². The fourth-order valence-electron chi connectivity index (χ4n) is 8.72. The molecule has 2 N–H and O–H groups in total. The summed E-state index contributed by atoms with van der Waals surface area (Å²) >= 11 is 0. The minimum atomic E-state index is -1.46. The van der Waals surface area contributed by atoms with E-state index in [1.165, 1.54) is 16.0 Å². The predicted octanol–water partition coefficient (Wildman–Crippen LogP) is 1.33. The summed E-state index contributed by atoms with van der Waals surface area (Å²) in [6.45, 7) is 8.85. The Morgan fingerprint density at radius 1 is 1.07 bits per heavy atom. The second-order valence-electron chi connectivity index (χ2n) is 17.3. The van der Waals surface area contributed by atoms with Gasteiger partial charge in [-0.3, -0.25) is 24.0 Å². The SMILES string of the molecule is CC(C)(C)OC(=O)CC[C@@H](CO)NC(=O)[C@H]1CCCN1C(=O)[C@@]12C[C@H]3OC(=O)[C@@H]1N(Cc1ccc(C=CC(=O)O[C@H]4C(=O)OCC4(C)C)cc1)O[C@@H]2[C@H]1OCO[C@H]13. The zero-order chi connectivity index (χ0) is 40.9. The van der Waals surface area contributed by atoms with Crippen molar-refractivity contribution in [2.45, 2.75) is 128 Å².